The zero-order valence-electron chi connectivity index (χ0n) is 7.98. The molecule has 2 aromatic rings. The Kier molecular flexibility index (Phi) is 2.30. The van der Waals surface area contributed by atoms with E-state index < -0.39 is 5.82 Å². The van der Waals surface area contributed by atoms with E-state index in [9.17, 15) is 4.39 Å². The van der Waals surface area contributed by atoms with Gasteiger partial charge in [-0.25, -0.2) is 19.9 Å². The molecule has 15 heavy (non-hydrogen) atoms. The SMILES string of the molecule is Cc1ccn(-c2nc(NN)ncc2F)n1. The predicted molar refractivity (Wildman–Crippen MR) is 51.7 cm³/mol. The van der Waals surface area contributed by atoms with Crippen LogP contribution in [0.1, 0.15) is 5.69 Å². The molecule has 78 valence electrons. The highest BCUT2D eigenvalue weighted by atomic mass is 19.1. The Balaban J connectivity index is 2.51. The highest BCUT2D eigenvalue weighted by molar-refractivity contribution is 5.31. The number of nitrogens with one attached hydrogen (secondary N) is 1. The molecule has 0 fully saturated rings. The van der Waals surface area contributed by atoms with Gasteiger partial charge in [0.2, 0.25) is 5.95 Å². The van der Waals surface area contributed by atoms with Gasteiger partial charge in [-0.2, -0.15) is 10.1 Å². The van der Waals surface area contributed by atoms with Gasteiger partial charge in [0.15, 0.2) is 11.6 Å². The quantitative estimate of drug-likeness (QED) is 0.551. The van der Waals surface area contributed by atoms with Gasteiger partial charge in [0, 0.05) is 6.20 Å². The molecule has 0 aliphatic heterocycles. The van der Waals surface area contributed by atoms with E-state index in [1.807, 2.05) is 0 Å². The van der Waals surface area contributed by atoms with Crippen LogP contribution in [0.25, 0.3) is 5.82 Å². The first-order valence-electron chi connectivity index (χ1n) is 4.22. The summed E-state index contributed by atoms with van der Waals surface area (Å²) in [4.78, 5) is 7.48. The van der Waals surface area contributed by atoms with Crippen molar-refractivity contribution in [2.45, 2.75) is 6.92 Å². The van der Waals surface area contributed by atoms with Crippen LogP contribution < -0.4 is 11.3 Å². The summed E-state index contributed by atoms with van der Waals surface area (Å²) in [6.07, 6.45) is 2.65. The summed E-state index contributed by atoms with van der Waals surface area (Å²) in [5.74, 6) is 4.77. The minimum Gasteiger partial charge on any atom is -0.292 e. The van der Waals surface area contributed by atoms with E-state index >= 15 is 0 Å². The van der Waals surface area contributed by atoms with Gasteiger partial charge in [0.25, 0.3) is 0 Å². The first-order chi connectivity index (χ1) is 7.20. The van der Waals surface area contributed by atoms with Crippen molar-refractivity contribution in [3.8, 4) is 5.82 Å². The Morgan fingerprint density at radius 3 is 2.93 bits per heavy atom. The van der Waals surface area contributed by atoms with Crippen LogP contribution in [0.4, 0.5) is 10.3 Å². The normalized spacial score (nSPS) is 10.3. The third-order valence-electron chi connectivity index (χ3n) is 1.79. The van der Waals surface area contributed by atoms with E-state index in [0.29, 0.717) is 0 Å². The van der Waals surface area contributed by atoms with Gasteiger partial charge in [0.05, 0.1) is 11.9 Å². The summed E-state index contributed by atoms with van der Waals surface area (Å²) in [6.45, 7) is 1.80. The third kappa shape index (κ3) is 1.77. The van der Waals surface area contributed by atoms with Gasteiger partial charge >= 0.3 is 0 Å². The minimum absolute atomic E-state index is 0.0612. The number of nitrogens with two attached hydrogens (primary N) is 1. The highest BCUT2D eigenvalue weighted by Gasteiger charge is 2.09. The van der Waals surface area contributed by atoms with Crippen molar-refractivity contribution in [2.24, 2.45) is 5.84 Å². The Morgan fingerprint density at radius 2 is 2.33 bits per heavy atom. The summed E-state index contributed by atoms with van der Waals surface area (Å²) in [7, 11) is 0. The molecule has 2 aromatic heterocycles. The van der Waals surface area contributed by atoms with Crippen molar-refractivity contribution in [1.82, 2.24) is 19.7 Å². The molecule has 0 amide bonds. The maximum Gasteiger partial charge on any atom is 0.239 e. The molecule has 0 atom stereocenters. The number of hydrogen-bond acceptors (Lipinski definition) is 5. The van der Waals surface area contributed by atoms with E-state index in [1.54, 1.807) is 19.2 Å². The molecule has 2 rings (SSSR count). The molecular weight excluding hydrogens is 199 g/mol. The monoisotopic (exact) mass is 208 g/mol. The van der Waals surface area contributed by atoms with Crippen LogP contribution in [0.5, 0.6) is 0 Å². The van der Waals surface area contributed by atoms with Crippen LogP contribution in [0.3, 0.4) is 0 Å². The van der Waals surface area contributed by atoms with Gasteiger partial charge < -0.3 is 0 Å². The van der Waals surface area contributed by atoms with Gasteiger partial charge in [-0.3, -0.25) is 5.43 Å². The molecule has 2 heterocycles. The minimum atomic E-state index is -0.558. The first kappa shape index (κ1) is 9.53. The smallest absolute Gasteiger partial charge is 0.239 e. The van der Waals surface area contributed by atoms with Crippen molar-refractivity contribution in [1.29, 1.82) is 0 Å². The fourth-order valence-electron chi connectivity index (χ4n) is 1.12. The molecule has 0 bridgehead atoms. The van der Waals surface area contributed by atoms with E-state index in [0.717, 1.165) is 11.9 Å². The lowest BCUT2D eigenvalue weighted by Crippen LogP contribution is -2.13. The Labute approximate surface area is 84.9 Å². The number of anilines is 1. The largest absolute Gasteiger partial charge is 0.292 e. The molecule has 0 radical (unpaired) electrons. The van der Waals surface area contributed by atoms with Gasteiger partial charge in [-0.05, 0) is 13.0 Å². The van der Waals surface area contributed by atoms with E-state index in [-0.39, 0.29) is 11.8 Å². The van der Waals surface area contributed by atoms with E-state index in [4.69, 9.17) is 5.84 Å². The van der Waals surface area contributed by atoms with Crippen LogP contribution in [-0.2, 0) is 0 Å². The molecule has 6 nitrogen and oxygen atoms in total. The lowest BCUT2D eigenvalue weighted by atomic mass is 10.5. The number of aryl methyl sites for hydroxylation is 1. The summed E-state index contributed by atoms with van der Waals surface area (Å²) >= 11 is 0. The van der Waals surface area contributed by atoms with Crippen molar-refractivity contribution >= 4 is 5.95 Å². The van der Waals surface area contributed by atoms with Crippen LogP contribution in [0.15, 0.2) is 18.5 Å². The van der Waals surface area contributed by atoms with Crippen LogP contribution >= 0.6 is 0 Å². The average Bonchev–Trinajstić information content (AvgIpc) is 2.65. The second kappa shape index (κ2) is 3.62. The maximum absolute atomic E-state index is 13.3. The summed E-state index contributed by atoms with van der Waals surface area (Å²) < 4.78 is 14.7. The fourth-order valence-corrected chi connectivity index (χ4v) is 1.12. The summed E-state index contributed by atoms with van der Waals surface area (Å²) in [6, 6.07) is 1.75. The van der Waals surface area contributed by atoms with Gasteiger partial charge in [-0.1, -0.05) is 0 Å². The van der Waals surface area contributed by atoms with Gasteiger partial charge in [0.1, 0.15) is 0 Å². The molecule has 0 aliphatic rings. The Bertz CT molecular complexity index is 480. The predicted octanol–water partition coefficient (Wildman–Crippen LogP) is 0.395. The number of aromatic nitrogens is 4. The van der Waals surface area contributed by atoms with E-state index in [2.05, 4.69) is 20.5 Å². The first-order valence-corrected chi connectivity index (χ1v) is 4.22. The zero-order chi connectivity index (χ0) is 10.8. The molecule has 0 aromatic carbocycles. The Hall–Kier alpha value is -2.02. The topological polar surface area (TPSA) is 81.7 Å². The fraction of sp³-hybridized carbons (Fsp3) is 0.125. The molecule has 0 unspecified atom stereocenters. The van der Waals surface area contributed by atoms with Crippen LogP contribution in [0, 0.1) is 12.7 Å². The molecule has 0 spiro atoms. The second-order valence-corrected chi connectivity index (χ2v) is 2.91. The molecule has 0 aliphatic carbocycles. The average molecular weight is 208 g/mol. The number of hydrogen-bond donors (Lipinski definition) is 2. The number of hydrazine groups is 1. The van der Waals surface area contributed by atoms with Crippen molar-refractivity contribution < 1.29 is 4.39 Å². The number of halogens is 1. The molecule has 3 N–H and O–H groups in total. The highest BCUT2D eigenvalue weighted by Crippen LogP contribution is 2.10. The summed E-state index contributed by atoms with van der Waals surface area (Å²) in [5.41, 5.74) is 3.01. The molecule has 0 saturated carbocycles. The lowest BCUT2D eigenvalue weighted by Gasteiger charge is -2.03. The standard InChI is InChI=1S/C8H9FN6/c1-5-2-3-15(14-5)7-6(9)4-11-8(12-7)13-10/h2-4H,10H2,1H3,(H,11,12,13). The lowest BCUT2D eigenvalue weighted by molar-refractivity contribution is 0.593. The maximum atomic E-state index is 13.3. The van der Waals surface area contributed by atoms with Crippen LogP contribution in [-0.4, -0.2) is 19.7 Å². The second-order valence-electron chi connectivity index (χ2n) is 2.91. The van der Waals surface area contributed by atoms with Gasteiger partial charge in [-0.15, -0.1) is 0 Å². The Morgan fingerprint density at radius 1 is 1.53 bits per heavy atom. The zero-order valence-corrected chi connectivity index (χ0v) is 7.98. The molecule has 0 saturated heterocycles. The third-order valence-corrected chi connectivity index (χ3v) is 1.79. The number of rotatable bonds is 2. The van der Waals surface area contributed by atoms with E-state index in [1.165, 1.54) is 4.68 Å². The van der Waals surface area contributed by atoms with Crippen molar-refractivity contribution in [2.75, 3.05) is 5.43 Å². The van der Waals surface area contributed by atoms with Crippen molar-refractivity contribution in [3.63, 3.8) is 0 Å². The molecular formula is C8H9FN6. The molecule has 7 heteroatoms. The number of nitrogens with zero attached hydrogens (tertiary/aromatic N) is 4. The summed E-state index contributed by atoms with van der Waals surface area (Å²) in [5, 5.41) is 4.03. The van der Waals surface area contributed by atoms with Crippen LogP contribution in [0.2, 0.25) is 0 Å². The number of nitrogen functional groups attached to an aromatic ring is 1. The van der Waals surface area contributed by atoms with Crippen molar-refractivity contribution in [3.05, 3.63) is 30.0 Å².